The standard InChI is InChI=1S/C21H34O5/c1-14(2)19(22)25-18(21(6,7)26-20(23)15(3)4)12-10-8-9-11-16(5)17-13-24-17/h16-18H,1,3,8-13H2,2,4-7H3. The van der Waals surface area contributed by atoms with Gasteiger partial charge < -0.3 is 14.2 Å². The first-order chi connectivity index (χ1) is 12.0. The van der Waals surface area contributed by atoms with Gasteiger partial charge in [0.2, 0.25) is 0 Å². The number of carbonyl (C=O) groups is 2. The third kappa shape index (κ3) is 7.73. The maximum absolute atomic E-state index is 12.0. The molecule has 0 aromatic carbocycles. The normalized spacial score (nSPS) is 18.6. The summed E-state index contributed by atoms with van der Waals surface area (Å²) in [6, 6.07) is 0. The largest absolute Gasteiger partial charge is 0.455 e. The highest BCUT2D eigenvalue weighted by atomic mass is 16.6. The van der Waals surface area contributed by atoms with E-state index in [1.54, 1.807) is 27.7 Å². The van der Waals surface area contributed by atoms with Crippen molar-refractivity contribution in [1.29, 1.82) is 0 Å². The van der Waals surface area contributed by atoms with Gasteiger partial charge in [0.25, 0.3) is 0 Å². The molecule has 0 bridgehead atoms. The molecule has 26 heavy (non-hydrogen) atoms. The van der Waals surface area contributed by atoms with E-state index in [9.17, 15) is 9.59 Å². The second kappa shape index (κ2) is 9.91. The molecule has 0 aromatic heterocycles. The first-order valence-electron chi connectivity index (χ1n) is 9.41. The minimum Gasteiger partial charge on any atom is -0.455 e. The average molecular weight is 366 g/mol. The Morgan fingerprint density at radius 1 is 1.08 bits per heavy atom. The zero-order valence-corrected chi connectivity index (χ0v) is 16.9. The summed E-state index contributed by atoms with van der Waals surface area (Å²) in [5, 5.41) is 0. The second-order valence-corrected chi connectivity index (χ2v) is 7.93. The van der Waals surface area contributed by atoms with Gasteiger partial charge in [-0.2, -0.15) is 0 Å². The van der Waals surface area contributed by atoms with Gasteiger partial charge in [0.1, 0.15) is 11.7 Å². The zero-order valence-electron chi connectivity index (χ0n) is 16.9. The Morgan fingerprint density at radius 3 is 2.12 bits per heavy atom. The Hall–Kier alpha value is -1.62. The van der Waals surface area contributed by atoms with E-state index >= 15 is 0 Å². The Labute approximate surface area is 157 Å². The molecule has 0 aliphatic carbocycles. The lowest BCUT2D eigenvalue weighted by molar-refractivity contribution is -0.176. The number of unbranched alkanes of at least 4 members (excludes halogenated alkanes) is 2. The quantitative estimate of drug-likeness (QED) is 0.222. The SMILES string of the molecule is C=C(C)C(=O)OC(CCCCCC(C)C1CO1)C(C)(C)OC(=O)C(=C)C. The molecular weight excluding hydrogens is 332 g/mol. The minimum absolute atomic E-state index is 0.319. The van der Waals surface area contributed by atoms with Crippen molar-refractivity contribution in [2.45, 2.75) is 84.5 Å². The fraction of sp³-hybridized carbons (Fsp3) is 0.714. The zero-order chi connectivity index (χ0) is 19.9. The molecule has 0 radical (unpaired) electrons. The van der Waals surface area contributed by atoms with Crippen LogP contribution in [0.4, 0.5) is 0 Å². The molecule has 5 heteroatoms. The molecule has 0 aromatic rings. The highest BCUT2D eigenvalue weighted by Gasteiger charge is 2.36. The minimum atomic E-state index is -0.934. The van der Waals surface area contributed by atoms with E-state index in [-0.39, 0.29) is 0 Å². The molecule has 0 N–H and O–H groups in total. The molecule has 148 valence electrons. The molecule has 5 nitrogen and oxygen atoms in total. The number of esters is 2. The molecule has 0 spiro atoms. The lowest BCUT2D eigenvalue weighted by atomic mass is 9.94. The third-order valence-corrected chi connectivity index (χ3v) is 4.70. The van der Waals surface area contributed by atoms with Crippen LogP contribution in [0.5, 0.6) is 0 Å². The van der Waals surface area contributed by atoms with Crippen LogP contribution in [0.25, 0.3) is 0 Å². The Balaban J connectivity index is 2.56. The molecule has 1 rings (SSSR count). The van der Waals surface area contributed by atoms with Crippen LogP contribution in [0.3, 0.4) is 0 Å². The van der Waals surface area contributed by atoms with Crippen molar-refractivity contribution < 1.29 is 23.8 Å². The van der Waals surface area contributed by atoms with Gasteiger partial charge in [-0.15, -0.1) is 0 Å². The summed E-state index contributed by atoms with van der Waals surface area (Å²) in [7, 11) is 0. The van der Waals surface area contributed by atoms with Crippen LogP contribution < -0.4 is 0 Å². The van der Waals surface area contributed by atoms with E-state index in [0.29, 0.717) is 29.6 Å². The topological polar surface area (TPSA) is 65.1 Å². The number of hydrogen-bond acceptors (Lipinski definition) is 5. The summed E-state index contributed by atoms with van der Waals surface area (Å²) < 4.78 is 16.4. The third-order valence-electron chi connectivity index (χ3n) is 4.70. The molecule has 1 fully saturated rings. The van der Waals surface area contributed by atoms with Crippen LogP contribution in [0, 0.1) is 5.92 Å². The van der Waals surface area contributed by atoms with E-state index in [4.69, 9.17) is 14.2 Å². The Morgan fingerprint density at radius 2 is 1.62 bits per heavy atom. The van der Waals surface area contributed by atoms with Crippen molar-refractivity contribution >= 4 is 11.9 Å². The van der Waals surface area contributed by atoms with Crippen molar-refractivity contribution in [1.82, 2.24) is 0 Å². The van der Waals surface area contributed by atoms with Gasteiger partial charge in [-0.3, -0.25) is 0 Å². The van der Waals surface area contributed by atoms with Gasteiger partial charge in [-0.25, -0.2) is 9.59 Å². The summed E-state index contributed by atoms with van der Waals surface area (Å²) in [5.41, 5.74) is -0.286. The maximum atomic E-state index is 12.0. The van der Waals surface area contributed by atoms with Gasteiger partial charge in [0, 0.05) is 11.1 Å². The van der Waals surface area contributed by atoms with Gasteiger partial charge in [0.15, 0.2) is 0 Å². The van der Waals surface area contributed by atoms with Crippen molar-refractivity contribution in [3.63, 3.8) is 0 Å². The predicted octanol–water partition coefficient (Wildman–Crippen LogP) is 4.36. The molecule has 0 amide bonds. The molecule has 1 saturated heterocycles. The number of epoxide rings is 1. The number of ether oxygens (including phenoxy) is 3. The lowest BCUT2D eigenvalue weighted by Gasteiger charge is -2.33. The summed E-state index contributed by atoms with van der Waals surface area (Å²) in [5.74, 6) is -0.349. The highest BCUT2D eigenvalue weighted by molar-refractivity contribution is 5.88. The van der Waals surface area contributed by atoms with E-state index in [1.807, 2.05) is 0 Å². The van der Waals surface area contributed by atoms with Crippen molar-refractivity contribution in [2.24, 2.45) is 5.92 Å². The smallest absolute Gasteiger partial charge is 0.333 e. The van der Waals surface area contributed by atoms with E-state index < -0.39 is 23.6 Å². The molecule has 1 heterocycles. The van der Waals surface area contributed by atoms with Gasteiger partial charge in [0.05, 0.1) is 12.7 Å². The van der Waals surface area contributed by atoms with Gasteiger partial charge >= 0.3 is 11.9 Å². The van der Waals surface area contributed by atoms with Crippen LogP contribution >= 0.6 is 0 Å². The summed E-state index contributed by atoms with van der Waals surface area (Å²) in [6.45, 7) is 17.1. The average Bonchev–Trinajstić information content (AvgIpc) is 3.37. The molecule has 1 aliphatic rings. The second-order valence-electron chi connectivity index (χ2n) is 7.93. The first kappa shape index (κ1) is 22.4. The fourth-order valence-electron chi connectivity index (χ4n) is 2.71. The van der Waals surface area contributed by atoms with Crippen molar-refractivity contribution in [2.75, 3.05) is 6.61 Å². The van der Waals surface area contributed by atoms with E-state index in [1.165, 1.54) is 0 Å². The van der Waals surface area contributed by atoms with Crippen molar-refractivity contribution in [3.05, 3.63) is 24.3 Å². The molecule has 0 saturated carbocycles. The van der Waals surface area contributed by atoms with Crippen molar-refractivity contribution in [3.8, 4) is 0 Å². The number of carbonyl (C=O) groups excluding carboxylic acids is 2. The molecule has 3 atom stereocenters. The fourth-order valence-corrected chi connectivity index (χ4v) is 2.71. The lowest BCUT2D eigenvalue weighted by Crippen LogP contribution is -2.44. The number of rotatable bonds is 12. The molecule has 3 unspecified atom stereocenters. The Bertz CT molecular complexity index is 531. The van der Waals surface area contributed by atoms with Crippen LogP contribution in [-0.4, -0.2) is 36.4 Å². The van der Waals surface area contributed by atoms with Gasteiger partial charge in [-0.1, -0.05) is 32.9 Å². The van der Waals surface area contributed by atoms with E-state index in [2.05, 4.69) is 20.1 Å². The Kier molecular flexibility index (Phi) is 8.54. The molecule has 1 aliphatic heterocycles. The highest BCUT2D eigenvalue weighted by Crippen LogP contribution is 2.27. The number of hydrogen-bond donors (Lipinski definition) is 0. The van der Waals surface area contributed by atoms with Crippen LogP contribution in [-0.2, 0) is 23.8 Å². The first-order valence-corrected chi connectivity index (χ1v) is 9.41. The summed E-state index contributed by atoms with van der Waals surface area (Å²) in [6.07, 6.45) is 4.70. The summed E-state index contributed by atoms with van der Waals surface area (Å²) >= 11 is 0. The summed E-state index contributed by atoms with van der Waals surface area (Å²) in [4.78, 5) is 23.9. The maximum Gasteiger partial charge on any atom is 0.333 e. The van der Waals surface area contributed by atoms with Crippen LogP contribution in [0.2, 0.25) is 0 Å². The monoisotopic (exact) mass is 366 g/mol. The van der Waals surface area contributed by atoms with Gasteiger partial charge in [-0.05, 0) is 52.9 Å². The van der Waals surface area contributed by atoms with E-state index in [0.717, 1.165) is 32.3 Å². The van der Waals surface area contributed by atoms with Crippen LogP contribution in [0.15, 0.2) is 24.3 Å². The van der Waals surface area contributed by atoms with Crippen LogP contribution in [0.1, 0.15) is 66.7 Å². The predicted molar refractivity (Wildman–Crippen MR) is 102 cm³/mol. The molecular formula is C21H34O5.